The first-order valence-corrected chi connectivity index (χ1v) is 7.88. The summed E-state index contributed by atoms with van der Waals surface area (Å²) < 4.78 is 0. The molecule has 2 heterocycles. The zero-order valence-corrected chi connectivity index (χ0v) is 13.5. The number of aromatic nitrogens is 1. The van der Waals surface area contributed by atoms with Gasteiger partial charge in [-0.1, -0.05) is 0 Å². The average Bonchev–Trinajstić information content (AvgIpc) is 2.54. The Hall–Kier alpha value is -2.15. The first-order chi connectivity index (χ1) is 10.9. The van der Waals surface area contributed by atoms with E-state index in [1.807, 2.05) is 6.92 Å². The van der Waals surface area contributed by atoms with Crippen LogP contribution < -0.4 is 11.1 Å². The van der Waals surface area contributed by atoms with Crippen LogP contribution in [0.4, 0.5) is 0 Å². The van der Waals surface area contributed by atoms with Gasteiger partial charge in [0.15, 0.2) is 0 Å². The minimum atomic E-state index is -0.468. The third-order valence-electron chi connectivity index (χ3n) is 4.29. The molecule has 0 aromatic carbocycles. The fourth-order valence-electron chi connectivity index (χ4n) is 2.83. The topological polar surface area (TPSA) is 109 Å². The predicted molar refractivity (Wildman–Crippen MR) is 85.8 cm³/mol. The number of piperidine rings is 1. The van der Waals surface area contributed by atoms with Crippen molar-refractivity contribution in [3.63, 3.8) is 0 Å². The lowest BCUT2D eigenvalue weighted by molar-refractivity contribution is -0.133. The number of nitrogens with two attached hydrogens (primary N) is 1. The summed E-state index contributed by atoms with van der Waals surface area (Å²) >= 11 is 0. The van der Waals surface area contributed by atoms with Crippen LogP contribution in [0.2, 0.25) is 0 Å². The zero-order chi connectivity index (χ0) is 17.0. The summed E-state index contributed by atoms with van der Waals surface area (Å²) in [4.78, 5) is 29.7. The van der Waals surface area contributed by atoms with Gasteiger partial charge in [0.1, 0.15) is 11.4 Å². The number of rotatable bonds is 4. The molecule has 1 aliphatic heterocycles. The van der Waals surface area contributed by atoms with Crippen LogP contribution in [0.5, 0.6) is 5.75 Å². The molecule has 1 aromatic heterocycles. The van der Waals surface area contributed by atoms with Crippen molar-refractivity contribution < 1.29 is 14.7 Å². The number of amides is 2. The van der Waals surface area contributed by atoms with E-state index in [2.05, 4.69) is 10.3 Å². The van der Waals surface area contributed by atoms with Crippen molar-refractivity contribution >= 4 is 11.8 Å². The van der Waals surface area contributed by atoms with Gasteiger partial charge in [0.05, 0.1) is 12.2 Å². The van der Waals surface area contributed by atoms with Gasteiger partial charge >= 0.3 is 0 Å². The molecule has 2 amide bonds. The Labute approximate surface area is 135 Å². The average molecular weight is 320 g/mol. The third-order valence-corrected chi connectivity index (χ3v) is 4.29. The molecule has 7 nitrogen and oxygen atoms in total. The number of hydrogen-bond acceptors (Lipinski definition) is 5. The minimum Gasteiger partial charge on any atom is -0.506 e. The van der Waals surface area contributed by atoms with E-state index in [4.69, 9.17) is 5.73 Å². The van der Waals surface area contributed by atoms with Crippen LogP contribution in [0.25, 0.3) is 0 Å². The summed E-state index contributed by atoms with van der Waals surface area (Å²) in [5, 5.41) is 12.1. The van der Waals surface area contributed by atoms with Gasteiger partial charge in [0.25, 0.3) is 5.91 Å². The van der Waals surface area contributed by atoms with Crippen molar-refractivity contribution in [1.82, 2.24) is 15.2 Å². The van der Waals surface area contributed by atoms with Crippen LogP contribution >= 0.6 is 0 Å². The molecule has 1 saturated heterocycles. The van der Waals surface area contributed by atoms with Crippen LogP contribution in [0.15, 0.2) is 18.3 Å². The maximum Gasteiger partial charge on any atom is 0.270 e. The second kappa shape index (κ2) is 7.41. The van der Waals surface area contributed by atoms with E-state index < -0.39 is 6.04 Å². The molecule has 0 bridgehead atoms. The molecule has 2 rings (SSSR count). The zero-order valence-electron chi connectivity index (χ0n) is 13.5. The molecular formula is C16H24N4O3. The third kappa shape index (κ3) is 4.41. The Morgan fingerprint density at radius 1 is 1.35 bits per heavy atom. The van der Waals surface area contributed by atoms with Gasteiger partial charge in [0, 0.05) is 19.1 Å². The minimum absolute atomic E-state index is 0.00865. The summed E-state index contributed by atoms with van der Waals surface area (Å²) in [6.07, 6.45) is 2.92. The van der Waals surface area contributed by atoms with Crippen molar-refractivity contribution in [2.24, 2.45) is 11.7 Å². The van der Waals surface area contributed by atoms with Crippen LogP contribution in [0.1, 0.15) is 37.2 Å². The molecule has 0 aliphatic carbocycles. The highest BCUT2D eigenvalue weighted by molar-refractivity contribution is 5.92. The summed E-state index contributed by atoms with van der Waals surface area (Å²) in [5.74, 6) is 0.0639. The smallest absolute Gasteiger partial charge is 0.270 e. The maximum atomic E-state index is 12.1. The summed E-state index contributed by atoms with van der Waals surface area (Å²) in [5.41, 5.74) is 5.91. The normalized spacial score (nSPS) is 18.3. The Balaban J connectivity index is 1.85. The fraction of sp³-hybridized carbons (Fsp3) is 0.562. The quantitative estimate of drug-likeness (QED) is 0.748. The Morgan fingerprint density at radius 3 is 2.52 bits per heavy atom. The monoisotopic (exact) mass is 320 g/mol. The van der Waals surface area contributed by atoms with Gasteiger partial charge in [-0.05, 0) is 44.7 Å². The van der Waals surface area contributed by atoms with E-state index >= 15 is 0 Å². The molecule has 126 valence electrons. The van der Waals surface area contributed by atoms with Crippen LogP contribution in [-0.4, -0.2) is 52.0 Å². The van der Waals surface area contributed by atoms with Gasteiger partial charge in [-0.2, -0.15) is 0 Å². The predicted octanol–water partition coefficient (Wildman–Crippen LogP) is 0.491. The van der Waals surface area contributed by atoms with E-state index in [0.29, 0.717) is 19.0 Å². The van der Waals surface area contributed by atoms with Gasteiger partial charge in [0.2, 0.25) is 5.91 Å². The van der Waals surface area contributed by atoms with Gasteiger partial charge in [-0.25, -0.2) is 4.98 Å². The van der Waals surface area contributed by atoms with Crippen LogP contribution in [0.3, 0.4) is 0 Å². The second-order valence-corrected chi connectivity index (χ2v) is 6.12. The Bertz CT molecular complexity index is 551. The standard InChI is InChI=1S/C16H24N4O3/c1-10(17)16(23)20-7-5-12(6-8-20)11(2)19-15(22)14-4-3-13(21)9-18-14/h3-4,9-12,21H,5-8,17H2,1-2H3,(H,19,22)/t10-,11?/m0/s1. The van der Waals surface area contributed by atoms with Crippen LogP contribution in [-0.2, 0) is 4.79 Å². The molecule has 0 saturated carbocycles. The number of carbonyl (C=O) groups is 2. The molecule has 1 unspecified atom stereocenters. The highest BCUT2D eigenvalue weighted by Gasteiger charge is 2.28. The van der Waals surface area contributed by atoms with Crippen molar-refractivity contribution in [1.29, 1.82) is 0 Å². The summed E-state index contributed by atoms with van der Waals surface area (Å²) in [7, 11) is 0. The highest BCUT2D eigenvalue weighted by Crippen LogP contribution is 2.21. The molecule has 1 fully saturated rings. The van der Waals surface area contributed by atoms with Gasteiger partial charge in [-0.15, -0.1) is 0 Å². The lowest BCUT2D eigenvalue weighted by Crippen LogP contribution is -2.49. The lowest BCUT2D eigenvalue weighted by Gasteiger charge is -2.35. The molecule has 1 aromatic rings. The molecule has 1 aliphatic rings. The maximum absolute atomic E-state index is 12.1. The number of likely N-dealkylation sites (tertiary alicyclic amines) is 1. The number of carbonyl (C=O) groups excluding carboxylic acids is 2. The highest BCUT2D eigenvalue weighted by atomic mass is 16.3. The first-order valence-electron chi connectivity index (χ1n) is 7.88. The van der Waals surface area contributed by atoms with Gasteiger partial charge < -0.3 is 21.1 Å². The molecule has 0 radical (unpaired) electrons. The van der Waals surface area contributed by atoms with E-state index in [1.165, 1.54) is 18.3 Å². The molecule has 2 atom stereocenters. The molecular weight excluding hydrogens is 296 g/mol. The fourth-order valence-corrected chi connectivity index (χ4v) is 2.83. The van der Waals surface area contributed by atoms with Crippen LogP contribution in [0, 0.1) is 5.92 Å². The second-order valence-electron chi connectivity index (χ2n) is 6.12. The lowest BCUT2D eigenvalue weighted by atomic mass is 9.90. The number of aromatic hydroxyl groups is 1. The number of pyridine rings is 1. The van der Waals surface area contributed by atoms with Gasteiger partial charge in [-0.3, -0.25) is 9.59 Å². The molecule has 23 heavy (non-hydrogen) atoms. The molecule has 7 heteroatoms. The van der Waals surface area contributed by atoms with E-state index in [1.54, 1.807) is 11.8 Å². The SMILES string of the molecule is CC(NC(=O)c1ccc(O)cn1)C1CCN(C(=O)[C@H](C)N)CC1. The Kier molecular flexibility index (Phi) is 5.54. The summed E-state index contributed by atoms with van der Waals surface area (Å²) in [6, 6.07) is 2.45. The van der Waals surface area contributed by atoms with E-state index in [-0.39, 0.29) is 29.3 Å². The van der Waals surface area contributed by atoms with E-state index in [9.17, 15) is 14.7 Å². The Morgan fingerprint density at radius 2 is 2.00 bits per heavy atom. The largest absolute Gasteiger partial charge is 0.506 e. The number of hydrogen-bond donors (Lipinski definition) is 3. The summed E-state index contributed by atoms with van der Waals surface area (Å²) in [6.45, 7) is 5.00. The van der Waals surface area contributed by atoms with Crippen molar-refractivity contribution in [3.8, 4) is 5.75 Å². The van der Waals surface area contributed by atoms with Crippen molar-refractivity contribution in [2.45, 2.75) is 38.8 Å². The van der Waals surface area contributed by atoms with E-state index in [0.717, 1.165) is 12.8 Å². The van der Waals surface area contributed by atoms with Crippen molar-refractivity contribution in [3.05, 3.63) is 24.0 Å². The first kappa shape index (κ1) is 17.2. The molecule has 0 spiro atoms. The molecule has 4 N–H and O–H groups in total. The number of nitrogens with one attached hydrogen (secondary N) is 1. The van der Waals surface area contributed by atoms with Crippen molar-refractivity contribution in [2.75, 3.05) is 13.1 Å². The number of nitrogens with zero attached hydrogens (tertiary/aromatic N) is 2.